The minimum Gasteiger partial charge on any atom is -0.494 e. The van der Waals surface area contributed by atoms with Gasteiger partial charge in [-0.25, -0.2) is 0 Å². The Kier molecular flexibility index (Phi) is 5.29. The Balaban J connectivity index is 1.54. The fourth-order valence-electron chi connectivity index (χ4n) is 2.64. The zero-order chi connectivity index (χ0) is 16.8. The monoisotopic (exact) mass is 322 g/mol. The van der Waals surface area contributed by atoms with Crippen molar-refractivity contribution < 1.29 is 9.26 Å². The van der Waals surface area contributed by atoms with Crippen molar-refractivity contribution in [3.63, 3.8) is 0 Å². The summed E-state index contributed by atoms with van der Waals surface area (Å²) in [4.78, 5) is 0. The summed E-state index contributed by atoms with van der Waals surface area (Å²) in [7, 11) is 0. The molecule has 0 aliphatic carbocycles. The van der Waals surface area contributed by atoms with Crippen LogP contribution in [0.5, 0.6) is 5.75 Å². The molecule has 1 heterocycles. The molecule has 0 saturated carbocycles. The van der Waals surface area contributed by atoms with Crippen LogP contribution in [-0.2, 0) is 13.0 Å². The van der Waals surface area contributed by atoms with Crippen LogP contribution in [0, 0.1) is 6.92 Å². The molecule has 0 bridgehead atoms. The topological polar surface area (TPSA) is 61.3 Å². The van der Waals surface area contributed by atoms with Crippen LogP contribution in [0.25, 0.3) is 11.3 Å². The molecular formula is C20H22N2O2. The van der Waals surface area contributed by atoms with E-state index in [9.17, 15) is 0 Å². The number of benzene rings is 2. The molecule has 0 radical (unpaired) electrons. The van der Waals surface area contributed by atoms with Crippen molar-refractivity contribution in [1.29, 1.82) is 0 Å². The van der Waals surface area contributed by atoms with E-state index in [2.05, 4.69) is 29.4 Å². The van der Waals surface area contributed by atoms with Crippen molar-refractivity contribution in [1.82, 2.24) is 5.16 Å². The third-order valence-corrected chi connectivity index (χ3v) is 4.05. The number of aromatic nitrogens is 1. The standard InChI is InChI=1S/C20H22N2O2/c1-15-19(14-21)22-24-20(15)17-9-11-18(12-10-17)23-13-5-8-16-6-3-2-4-7-16/h2-4,6-7,9-12H,5,8,13-14,21H2,1H3. The van der Waals surface area contributed by atoms with Gasteiger partial charge in [0.25, 0.3) is 0 Å². The molecule has 1 aromatic heterocycles. The van der Waals surface area contributed by atoms with Gasteiger partial charge in [-0.05, 0) is 49.6 Å². The summed E-state index contributed by atoms with van der Waals surface area (Å²) >= 11 is 0. The fraction of sp³-hybridized carbons (Fsp3) is 0.250. The van der Waals surface area contributed by atoms with E-state index in [1.54, 1.807) is 0 Å². The van der Waals surface area contributed by atoms with Gasteiger partial charge in [-0.3, -0.25) is 0 Å². The van der Waals surface area contributed by atoms with Gasteiger partial charge < -0.3 is 15.0 Å². The highest BCUT2D eigenvalue weighted by Gasteiger charge is 2.12. The summed E-state index contributed by atoms with van der Waals surface area (Å²) in [5.41, 5.74) is 9.75. The third-order valence-electron chi connectivity index (χ3n) is 4.05. The molecule has 0 atom stereocenters. The molecule has 0 fully saturated rings. The van der Waals surface area contributed by atoms with Crippen molar-refractivity contribution in [3.8, 4) is 17.1 Å². The largest absolute Gasteiger partial charge is 0.494 e. The van der Waals surface area contributed by atoms with Crippen LogP contribution in [0.3, 0.4) is 0 Å². The first-order chi connectivity index (χ1) is 11.8. The lowest BCUT2D eigenvalue weighted by Crippen LogP contribution is -1.99. The van der Waals surface area contributed by atoms with Crippen LogP contribution >= 0.6 is 0 Å². The van der Waals surface area contributed by atoms with Crippen molar-refractivity contribution in [3.05, 3.63) is 71.4 Å². The Morgan fingerprint density at radius 3 is 2.46 bits per heavy atom. The number of nitrogens with zero attached hydrogens (tertiary/aromatic N) is 1. The molecular weight excluding hydrogens is 300 g/mol. The van der Waals surface area contributed by atoms with Crippen molar-refractivity contribution in [2.45, 2.75) is 26.3 Å². The SMILES string of the molecule is Cc1c(CN)noc1-c1ccc(OCCCc2ccccc2)cc1. The maximum atomic E-state index is 5.81. The van der Waals surface area contributed by atoms with E-state index in [0.29, 0.717) is 13.2 Å². The van der Waals surface area contributed by atoms with Crippen LogP contribution in [0.4, 0.5) is 0 Å². The van der Waals surface area contributed by atoms with Crippen LogP contribution in [0.15, 0.2) is 59.1 Å². The Morgan fingerprint density at radius 2 is 1.79 bits per heavy atom. The average molecular weight is 322 g/mol. The van der Waals surface area contributed by atoms with Gasteiger partial charge in [-0.2, -0.15) is 0 Å². The molecule has 0 spiro atoms. The Bertz CT molecular complexity index is 764. The molecule has 0 amide bonds. The Hall–Kier alpha value is -2.59. The molecule has 3 aromatic rings. The van der Waals surface area contributed by atoms with E-state index in [0.717, 1.165) is 41.2 Å². The molecule has 4 heteroatoms. The summed E-state index contributed by atoms with van der Waals surface area (Å²) < 4.78 is 11.2. The van der Waals surface area contributed by atoms with E-state index in [1.807, 2.05) is 37.3 Å². The lowest BCUT2D eigenvalue weighted by atomic mass is 10.1. The first-order valence-corrected chi connectivity index (χ1v) is 8.20. The highest BCUT2D eigenvalue weighted by molar-refractivity contribution is 5.62. The summed E-state index contributed by atoms with van der Waals surface area (Å²) in [6, 6.07) is 18.3. The Morgan fingerprint density at radius 1 is 1.04 bits per heavy atom. The number of rotatable bonds is 7. The summed E-state index contributed by atoms with van der Waals surface area (Å²) in [5, 5.41) is 3.99. The first kappa shape index (κ1) is 16.3. The van der Waals surface area contributed by atoms with E-state index >= 15 is 0 Å². The van der Waals surface area contributed by atoms with Gasteiger partial charge in [0.15, 0.2) is 5.76 Å². The number of hydrogen-bond acceptors (Lipinski definition) is 4. The van der Waals surface area contributed by atoms with E-state index in [-0.39, 0.29) is 0 Å². The van der Waals surface area contributed by atoms with Gasteiger partial charge in [-0.15, -0.1) is 0 Å². The normalized spacial score (nSPS) is 10.8. The predicted octanol–water partition coefficient (Wildman–Crippen LogP) is 4.12. The maximum absolute atomic E-state index is 5.81. The molecule has 0 aliphatic rings. The summed E-state index contributed by atoms with van der Waals surface area (Å²) in [5.74, 6) is 1.63. The van der Waals surface area contributed by atoms with Crippen LogP contribution in [-0.4, -0.2) is 11.8 Å². The van der Waals surface area contributed by atoms with Gasteiger partial charge in [0, 0.05) is 17.7 Å². The summed E-state index contributed by atoms with van der Waals surface area (Å²) in [6.07, 6.45) is 2.02. The molecule has 0 unspecified atom stereocenters. The van der Waals surface area contributed by atoms with Gasteiger partial charge in [0.05, 0.1) is 6.61 Å². The van der Waals surface area contributed by atoms with Gasteiger partial charge in [-0.1, -0.05) is 35.5 Å². The predicted molar refractivity (Wildman–Crippen MR) is 94.8 cm³/mol. The second kappa shape index (κ2) is 7.79. The van der Waals surface area contributed by atoms with Gasteiger partial charge in [0.2, 0.25) is 0 Å². The molecule has 2 N–H and O–H groups in total. The van der Waals surface area contributed by atoms with E-state index in [4.69, 9.17) is 15.0 Å². The lowest BCUT2D eigenvalue weighted by Gasteiger charge is -2.07. The highest BCUT2D eigenvalue weighted by atomic mass is 16.5. The highest BCUT2D eigenvalue weighted by Crippen LogP contribution is 2.27. The van der Waals surface area contributed by atoms with Crippen molar-refractivity contribution in [2.24, 2.45) is 5.73 Å². The lowest BCUT2D eigenvalue weighted by molar-refractivity contribution is 0.311. The molecule has 4 nitrogen and oxygen atoms in total. The molecule has 2 aromatic carbocycles. The minimum atomic E-state index is 0.387. The zero-order valence-electron chi connectivity index (χ0n) is 13.9. The average Bonchev–Trinajstić information content (AvgIpc) is 3.01. The molecule has 3 rings (SSSR count). The minimum absolute atomic E-state index is 0.387. The van der Waals surface area contributed by atoms with Crippen LogP contribution < -0.4 is 10.5 Å². The third kappa shape index (κ3) is 3.84. The number of ether oxygens (including phenoxy) is 1. The van der Waals surface area contributed by atoms with Gasteiger partial charge in [0.1, 0.15) is 11.4 Å². The number of aryl methyl sites for hydroxylation is 1. The second-order valence-corrected chi connectivity index (χ2v) is 5.75. The molecule has 0 aliphatic heterocycles. The van der Waals surface area contributed by atoms with Crippen molar-refractivity contribution in [2.75, 3.05) is 6.61 Å². The van der Waals surface area contributed by atoms with Crippen molar-refractivity contribution >= 4 is 0 Å². The fourth-order valence-corrected chi connectivity index (χ4v) is 2.64. The van der Waals surface area contributed by atoms with E-state index < -0.39 is 0 Å². The summed E-state index contributed by atoms with van der Waals surface area (Å²) in [6.45, 7) is 3.06. The quantitative estimate of drug-likeness (QED) is 0.665. The van der Waals surface area contributed by atoms with E-state index in [1.165, 1.54) is 5.56 Å². The second-order valence-electron chi connectivity index (χ2n) is 5.75. The number of hydrogen-bond donors (Lipinski definition) is 1. The number of nitrogens with two attached hydrogens (primary N) is 1. The van der Waals surface area contributed by atoms with Gasteiger partial charge >= 0.3 is 0 Å². The maximum Gasteiger partial charge on any atom is 0.170 e. The molecule has 124 valence electrons. The van der Waals surface area contributed by atoms with Crippen LogP contribution in [0.1, 0.15) is 23.2 Å². The molecule has 0 saturated heterocycles. The zero-order valence-corrected chi connectivity index (χ0v) is 13.9. The van der Waals surface area contributed by atoms with Crippen LogP contribution in [0.2, 0.25) is 0 Å². The first-order valence-electron chi connectivity index (χ1n) is 8.20. The Labute approximate surface area is 142 Å². The smallest absolute Gasteiger partial charge is 0.170 e. The molecule has 24 heavy (non-hydrogen) atoms.